The molecule has 0 saturated heterocycles. The van der Waals surface area contributed by atoms with Gasteiger partial charge >= 0.3 is 5.97 Å². The second kappa shape index (κ2) is 11.4. The Bertz CT molecular complexity index is 870. The molecule has 0 amide bonds. The normalized spacial score (nSPS) is 12.7. The Labute approximate surface area is 188 Å². The third-order valence-electron chi connectivity index (χ3n) is 6.11. The molecule has 1 aromatic heterocycles. The molecule has 1 heterocycles. The monoisotopic (exact) mass is 439 g/mol. The van der Waals surface area contributed by atoms with E-state index in [9.17, 15) is 4.79 Å². The van der Waals surface area contributed by atoms with Crippen molar-refractivity contribution in [1.82, 2.24) is 4.98 Å². The Hall–Kier alpha value is -2.24. The van der Waals surface area contributed by atoms with Crippen LogP contribution in [0.3, 0.4) is 0 Å². The molecular weight excluding hydrogens is 402 g/mol. The van der Waals surface area contributed by atoms with Crippen LogP contribution in [-0.2, 0) is 15.6 Å². The second-order valence-electron chi connectivity index (χ2n) is 9.51. The maximum Gasteiger partial charge on any atom is 0.303 e. The third-order valence-corrected chi connectivity index (χ3v) is 10.7. The van der Waals surface area contributed by atoms with Gasteiger partial charge in [-0.05, 0) is 66.6 Å². The molecule has 5 heteroatoms. The highest BCUT2D eigenvalue weighted by Crippen LogP contribution is 2.36. The van der Waals surface area contributed by atoms with Crippen molar-refractivity contribution in [3.63, 3.8) is 0 Å². The van der Waals surface area contributed by atoms with Crippen LogP contribution < -0.4 is 0 Å². The van der Waals surface area contributed by atoms with Crippen LogP contribution in [0, 0.1) is 0 Å². The lowest BCUT2D eigenvalue weighted by molar-refractivity contribution is -0.137. The number of pyridine rings is 1. The minimum atomic E-state index is -1.78. The average molecular weight is 440 g/mol. The van der Waals surface area contributed by atoms with Gasteiger partial charge in [0.05, 0.1) is 0 Å². The minimum Gasteiger partial charge on any atom is -0.481 e. The first kappa shape index (κ1) is 25.0. The molecule has 0 aliphatic rings. The van der Waals surface area contributed by atoms with Gasteiger partial charge in [0, 0.05) is 31.0 Å². The fourth-order valence-electron chi connectivity index (χ4n) is 3.21. The van der Waals surface area contributed by atoms with Gasteiger partial charge < -0.3 is 9.53 Å². The van der Waals surface area contributed by atoms with E-state index >= 15 is 0 Å². The molecular formula is C26H37NO3Si. The Kier molecular flexibility index (Phi) is 9.20. The van der Waals surface area contributed by atoms with Crippen molar-refractivity contribution < 1.29 is 14.3 Å². The van der Waals surface area contributed by atoms with Crippen molar-refractivity contribution in [3.8, 4) is 0 Å². The molecule has 4 nitrogen and oxygen atoms in total. The fraction of sp³-hybridized carbons (Fsp3) is 0.462. The van der Waals surface area contributed by atoms with E-state index in [1.807, 2.05) is 12.3 Å². The zero-order valence-electron chi connectivity index (χ0n) is 19.6. The molecule has 0 spiro atoms. The standard InChI is InChI=1S/C26H37NO3Si/c1-26(2,3)31(4,5)30-19-17-21-12-9-10-15-23(21)24(22-13-11-18-27-20-22)14-7-6-8-16-25(28)29/h9-15,18,20H,6-8,16-17,19H2,1-5H3,(H,28,29)/b24-14+. The summed E-state index contributed by atoms with van der Waals surface area (Å²) in [5.74, 6) is -0.733. The number of unbranched alkanes of at least 4 members (excludes halogenated alkanes) is 2. The van der Waals surface area contributed by atoms with Crippen LogP contribution in [0.15, 0.2) is 54.9 Å². The summed E-state index contributed by atoms with van der Waals surface area (Å²) >= 11 is 0. The lowest BCUT2D eigenvalue weighted by Crippen LogP contribution is -2.41. The van der Waals surface area contributed by atoms with E-state index < -0.39 is 14.3 Å². The molecule has 0 unspecified atom stereocenters. The first-order valence-electron chi connectivity index (χ1n) is 11.2. The maximum atomic E-state index is 10.8. The molecule has 0 aliphatic carbocycles. The number of hydrogen-bond donors (Lipinski definition) is 1. The van der Waals surface area contributed by atoms with E-state index in [1.54, 1.807) is 6.20 Å². The molecule has 0 aliphatic heterocycles. The van der Waals surface area contributed by atoms with Gasteiger partial charge in [-0.2, -0.15) is 0 Å². The number of aromatic nitrogens is 1. The largest absolute Gasteiger partial charge is 0.481 e. The lowest BCUT2D eigenvalue weighted by atomic mass is 9.92. The van der Waals surface area contributed by atoms with E-state index in [2.05, 4.69) is 75.3 Å². The predicted molar refractivity (Wildman–Crippen MR) is 131 cm³/mol. The van der Waals surface area contributed by atoms with Gasteiger partial charge in [-0.25, -0.2) is 0 Å². The smallest absolute Gasteiger partial charge is 0.303 e. The molecule has 1 N–H and O–H groups in total. The zero-order valence-corrected chi connectivity index (χ0v) is 20.6. The zero-order chi connectivity index (χ0) is 22.9. The summed E-state index contributed by atoms with van der Waals surface area (Å²) in [7, 11) is -1.78. The highest BCUT2D eigenvalue weighted by atomic mass is 28.4. The molecule has 2 rings (SSSR count). The van der Waals surface area contributed by atoms with E-state index in [1.165, 1.54) is 11.1 Å². The van der Waals surface area contributed by atoms with Gasteiger partial charge in [0.2, 0.25) is 0 Å². The summed E-state index contributed by atoms with van der Waals surface area (Å²) in [5, 5.41) is 9.07. The van der Waals surface area contributed by atoms with Crippen molar-refractivity contribution >= 4 is 19.9 Å². The average Bonchev–Trinajstić information content (AvgIpc) is 2.71. The first-order valence-corrected chi connectivity index (χ1v) is 14.1. The van der Waals surface area contributed by atoms with Gasteiger partial charge in [-0.3, -0.25) is 9.78 Å². The Balaban J connectivity index is 2.21. The van der Waals surface area contributed by atoms with Crippen LogP contribution in [0.2, 0.25) is 18.1 Å². The number of hydrogen-bond acceptors (Lipinski definition) is 3. The second-order valence-corrected chi connectivity index (χ2v) is 14.3. The molecule has 0 fully saturated rings. The van der Waals surface area contributed by atoms with Crippen LogP contribution in [0.4, 0.5) is 0 Å². The van der Waals surface area contributed by atoms with Crippen molar-refractivity contribution in [2.75, 3.05) is 6.61 Å². The van der Waals surface area contributed by atoms with Crippen LogP contribution in [0.25, 0.3) is 5.57 Å². The number of carbonyl (C=O) groups is 1. The highest BCUT2D eigenvalue weighted by Gasteiger charge is 2.36. The van der Waals surface area contributed by atoms with Crippen LogP contribution >= 0.6 is 0 Å². The van der Waals surface area contributed by atoms with Gasteiger partial charge in [0.15, 0.2) is 8.32 Å². The Morgan fingerprint density at radius 3 is 2.52 bits per heavy atom. The van der Waals surface area contributed by atoms with Crippen molar-refractivity contribution in [3.05, 3.63) is 71.6 Å². The van der Waals surface area contributed by atoms with E-state index in [0.717, 1.165) is 30.4 Å². The van der Waals surface area contributed by atoms with Gasteiger partial charge in [0.25, 0.3) is 0 Å². The number of allylic oxidation sites excluding steroid dienone is 1. The summed E-state index contributed by atoms with van der Waals surface area (Å²) in [5.41, 5.74) is 4.71. The number of aliphatic carboxylic acids is 1. The molecule has 0 saturated carbocycles. The number of rotatable bonds is 11. The fourth-order valence-corrected chi connectivity index (χ4v) is 4.25. The topological polar surface area (TPSA) is 59.4 Å². The molecule has 2 aromatic rings. The SMILES string of the molecule is CC(C)(C)[Si](C)(C)OCCc1ccccc1/C(=C/CCCCC(=O)O)c1cccnc1. The van der Waals surface area contributed by atoms with E-state index in [-0.39, 0.29) is 11.5 Å². The summed E-state index contributed by atoms with van der Waals surface area (Å²) in [6.07, 6.45) is 9.37. The molecule has 168 valence electrons. The Morgan fingerprint density at radius 2 is 1.87 bits per heavy atom. The molecule has 0 bridgehead atoms. The van der Waals surface area contributed by atoms with Crippen LogP contribution in [-0.4, -0.2) is 31.0 Å². The summed E-state index contributed by atoms with van der Waals surface area (Å²) in [6, 6.07) is 12.5. The molecule has 1 aromatic carbocycles. The Morgan fingerprint density at radius 1 is 1.13 bits per heavy atom. The quantitative estimate of drug-likeness (QED) is 0.312. The number of carboxylic acids is 1. The van der Waals surface area contributed by atoms with E-state index in [4.69, 9.17) is 9.53 Å². The molecule has 0 atom stereocenters. The predicted octanol–water partition coefficient (Wildman–Crippen LogP) is 6.72. The molecule has 31 heavy (non-hydrogen) atoms. The summed E-state index contributed by atoms with van der Waals surface area (Å²) in [6.45, 7) is 12.1. The number of carboxylic acid groups (broad SMARTS) is 1. The van der Waals surface area contributed by atoms with Gasteiger partial charge in [-0.1, -0.05) is 57.2 Å². The highest BCUT2D eigenvalue weighted by molar-refractivity contribution is 6.74. The summed E-state index contributed by atoms with van der Waals surface area (Å²) < 4.78 is 6.43. The van der Waals surface area contributed by atoms with Gasteiger partial charge in [-0.15, -0.1) is 0 Å². The van der Waals surface area contributed by atoms with Crippen molar-refractivity contribution in [1.29, 1.82) is 0 Å². The molecule has 0 radical (unpaired) electrons. The number of benzene rings is 1. The van der Waals surface area contributed by atoms with Crippen molar-refractivity contribution in [2.24, 2.45) is 0 Å². The lowest BCUT2D eigenvalue weighted by Gasteiger charge is -2.36. The number of nitrogens with zero attached hydrogens (tertiary/aromatic N) is 1. The van der Waals surface area contributed by atoms with Crippen LogP contribution in [0.1, 0.15) is 63.1 Å². The first-order chi connectivity index (χ1) is 14.6. The van der Waals surface area contributed by atoms with Crippen molar-refractivity contribution in [2.45, 2.75) is 71.0 Å². The van der Waals surface area contributed by atoms with Gasteiger partial charge in [0.1, 0.15) is 0 Å². The van der Waals surface area contributed by atoms with Crippen LogP contribution in [0.5, 0.6) is 0 Å². The third kappa shape index (κ3) is 7.75. The van der Waals surface area contributed by atoms with E-state index in [0.29, 0.717) is 13.0 Å². The minimum absolute atomic E-state index is 0.198. The summed E-state index contributed by atoms with van der Waals surface area (Å²) in [4.78, 5) is 15.1. The maximum absolute atomic E-state index is 10.8.